The first-order valence-corrected chi connectivity index (χ1v) is 8.29. The first-order chi connectivity index (χ1) is 10.6. The Balaban J connectivity index is 1.69. The normalized spacial score (nSPS) is 24.0. The highest BCUT2D eigenvalue weighted by Crippen LogP contribution is 2.45. The van der Waals surface area contributed by atoms with Crippen molar-refractivity contribution in [3.8, 4) is 5.75 Å². The van der Waals surface area contributed by atoms with E-state index in [1.165, 1.54) is 6.42 Å². The molecule has 0 bridgehead atoms. The van der Waals surface area contributed by atoms with Crippen LogP contribution in [0.4, 0.5) is 0 Å². The summed E-state index contributed by atoms with van der Waals surface area (Å²) in [6, 6.07) is 8.09. The van der Waals surface area contributed by atoms with Crippen molar-refractivity contribution in [1.82, 2.24) is 4.90 Å². The quantitative estimate of drug-likeness (QED) is 0.877. The minimum atomic E-state index is -0.711. The van der Waals surface area contributed by atoms with Gasteiger partial charge in [-0.05, 0) is 68.8 Å². The Hall–Kier alpha value is -1.55. The summed E-state index contributed by atoms with van der Waals surface area (Å²) in [4.78, 5) is 13.4. The Morgan fingerprint density at radius 3 is 2.91 bits per heavy atom. The first kappa shape index (κ1) is 15.3. The van der Waals surface area contributed by atoms with E-state index in [1.807, 2.05) is 18.2 Å². The second-order valence-electron chi connectivity index (χ2n) is 6.76. The lowest BCUT2D eigenvalue weighted by molar-refractivity contribution is -0.137. The number of benzene rings is 1. The minimum Gasteiger partial charge on any atom is -0.489 e. The summed E-state index contributed by atoms with van der Waals surface area (Å²) < 4.78 is 6.13. The third-order valence-corrected chi connectivity index (χ3v) is 4.76. The van der Waals surface area contributed by atoms with E-state index in [1.54, 1.807) is 0 Å². The molecule has 120 valence electrons. The van der Waals surface area contributed by atoms with E-state index in [9.17, 15) is 4.79 Å². The number of nitrogens with zero attached hydrogens (tertiary/aromatic N) is 1. The lowest BCUT2D eigenvalue weighted by atomic mass is 9.91. The van der Waals surface area contributed by atoms with Gasteiger partial charge in [-0.25, -0.2) is 0 Å². The zero-order chi connectivity index (χ0) is 15.5. The van der Waals surface area contributed by atoms with E-state index < -0.39 is 5.97 Å². The smallest absolute Gasteiger partial charge is 0.303 e. The van der Waals surface area contributed by atoms with Crippen molar-refractivity contribution in [3.05, 3.63) is 29.8 Å². The Kier molecular flexibility index (Phi) is 4.67. The molecule has 1 aromatic rings. The molecule has 0 spiro atoms. The standard InChI is InChI=1S/C18H25NO3/c1-19-9-3-6-16(12-19)22-15-5-2-4-14(10-15)17(11-18(20)21)13-7-8-13/h2,4-5,10,13,16-17H,3,6-9,11-12H2,1H3,(H,20,21). The van der Waals surface area contributed by atoms with E-state index in [0.29, 0.717) is 5.92 Å². The Morgan fingerprint density at radius 2 is 2.23 bits per heavy atom. The van der Waals surface area contributed by atoms with Crippen LogP contribution >= 0.6 is 0 Å². The molecular formula is C18H25NO3. The Bertz CT molecular complexity index is 527. The Morgan fingerprint density at radius 1 is 1.41 bits per heavy atom. The van der Waals surface area contributed by atoms with Crippen molar-refractivity contribution < 1.29 is 14.6 Å². The largest absolute Gasteiger partial charge is 0.489 e. The predicted octanol–water partition coefficient (Wildman–Crippen LogP) is 3.13. The van der Waals surface area contributed by atoms with Crippen LogP contribution in [0.3, 0.4) is 0 Å². The molecular weight excluding hydrogens is 278 g/mol. The summed E-state index contributed by atoms with van der Waals surface area (Å²) in [5.74, 6) is 0.841. The highest BCUT2D eigenvalue weighted by atomic mass is 16.5. The zero-order valence-corrected chi connectivity index (χ0v) is 13.2. The molecule has 4 heteroatoms. The van der Waals surface area contributed by atoms with Gasteiger partial charge in [-0.15, -0.1) is 0 Å². The molecule has 4 nitrogen and oxygen atoms in total. The molecule has 0 aromatic heterocycles. The molecule has 1 heterocycles. The summed E-state index contributed by atoms with van der Waals surface area (Å²) in [6.07, 6.45) is 5.03. The van der Waals surface area contributed by atoms with Gasteiger partial charge in [0.25, 0.3) is 0 Å². The average Bonchev–Trinajstić information content (AvgIpc) is 3.29. The van der Waals surface area contributed by atoms with E-state index in [0.717, 1.165) is 43.7 Å². The second kappa shape index (κ2) is 6.69. The van der Waals surface area contributed by atoms with Crippen molar-refractivity contribution >= 4 is 5.97 Å². The van der Waals surface area contributed by atoms with Crippen LogP contribution < -0.4 is 4.74 Å². The molecule has 2 unspecified atom stereocenters. The van der Waals surface area contributed by atoms with Gasteiger partial charge in [0, 0.05) is 6.54 Å². The number of rotatable bonds is 6. The molecule has 1 saturated heterocycles. The van der Waals surface area contributed by atoms with Gasteiger partial charge >= 0.3 is 5.97 Å². The number of likely N-dealkylation sites (tertiary alicyclic amines) is 1. The van der Waals surface area contributed by atoms with Crippen molar-refractivity contribution in [2.75, 3.05) is 20.1 Å². The third kappa shape index (κ3) is 4.01. The fraction of sp³-hybridized carbons (Fsp3) is 0.611. The van der Waals surface area contributed by atoms with E-state index in [-0.39, 0.29) is 18.4 Å². The fourth-order valence-corrected chi connectivity index (χ4v) is 3.47. The van der Waals surface area contributed by atoms with Gasteiger partial charge in [0.15, 0.2) is 0 Å². The Labute approximate surface area is 132 Å². The maximum atomic E-state index is 11.1. The van der Waals surface area contributed by atoms with E-state index in [4.69, 9.17) is 9.84 Å². The van der Waals surface area contributed by atoms with Crippen LogP contribution in [0.2, 0.25) is 0 Å². The van der Waals surface area contributed by atoms with Gasteiger partial charge in [-0.3, -0.25) is 4.79 Å². The number of carboxylic acid groups (broad SMARTS) is 1. The average molecular weight is 303 g/mol. The zero-order valence-electron chi connectivity index (χ0n) is 13.2. The molecule has 1 N–H and O–H groups in total. The molecule has 0 radical (unpaired) electrons. The van der Waals surface area contributed by atoms with Crippen LogP contribution in [0, 0.1) is 5.92 Å². The first-order valence-electron chi connectivity index (χ1n) is 8.29. The van der Waals surface area contributed by atoms with E-state index in [2.05, 4.69) is 18.0 Å². The predicted molar refractivity (Wildman–Crippen MR) is 85.3 cm³/mol. The van der Waals surface area contributed by atoms with Crippen LogP contribution in [0.5, 0.6) is 5.75 Å². The number of ether oxygens (including phenoxy) is 1. The van der Waals surface area contributed by atoms with Crippen molar-refractivity contribution in [3.63, 3.8) is 0 Å². The van der Waals surface area contributed by atoms with Gasteiger partial charge in [0.05, 0.1) is 6.42 Å². The van der Waals surface area contributed by atoms with Gasteiger partial charge in [-0.2, -0.15) is 0 Å². The lowest BCUT2D eigenvalue weighted by Crippen LogP contribution is -2.38. The minimum absolute atomic E-state index is 0.134. The summed E-state index contributed by atoms with van der Waals surface area (Å²) in [7, 11) is 2.13. The number of piperidine rings is 1. The second-order valence-corrected chi connectivity index (χ2v) is 6.76. The molecule has 1 aliphatic heterocycles. The molecule has 2 atom stereocenters. The van der Waals surface area contributed by atoms with Gasteiger partial charge in [0.1, 0.15) is 11.9 Å². The summed E-state index contributed by atoms with van der Waals surface area (Å²) >= 11 is 0. The molecule has 1 aliphatic carbocycles. The van der Waals surface area contributed by atoms with Crippen LogP contribution in [0.15, 0.2) is 24.3 Å². The molecule has 2 aliphatic rings. The topological polar surface area (TPSA) is 49.8 Å². The van der Waals surface area contributed by atoms with Gasteiger partial charge < -0.3 is 14.7 Å². The number of aliphatic carboxylic acids is 1. The molecule has 2 fully saturated rings. The molecule has 0 amide bonds. The van der Waals surface area contributed by atoms with Gasteiger partial charge in [-0.1, -0.05) is 12.1 Å². The van der Waals surface area contributed by atoms with Crippen LogP contribution in [-0.4, -0.2) is 42.2 Å². The fourth-order valence-electron chi connectivity index (χ4n) is 3.47. The van der Waals surface area contributed by atoms with Crippen molar-refractivity contribution in [2.24, 2.45) is 5.92 Å². The van der Waals surface area contributed by atoms with Crippen LogP contribution in [0.25, 0.3) is 0 Å². The summed E-state index contributed by atoms with van der Waals surface area (Å²) in [5, 5.41) is 9.14. The summed E-state index contributed by atoms with van der Waals surface area (Å²) in [6.45, 7) is 2.10. The highest BCUT2D eigenvalue weighted by molar-refractivity contribution is 5.68. The van der Waals surface area contributed by atoms with Crippen LogP contribution in [-0.2, 0) is 4.79 Å². The molecule has 22 heavy (non-hydrogen) atoms. The number of hydrogen-bond acceptors (Lipinski definition) is 3. The SMILES string of the molecule is CN1CCCC(Oc2cccc(C(CC(=O)O)C3CC3)c2)C1. The molecule has 1 aromatic carbocycles. The van der Waals surface area contributed by atoms with Crippen molar-refractivity contribution in [2.45, 2.75) is 44.1 Å². The number of likely N-dealkylation sites (N-methyl/N-ethyl adjacent to an activating group) is 1. The van der Waals surface area contributed by atoms with Crippen molar-refractivity contribution in [1.29, 1.82) is 0 Å². The molecule has 3 rings (SSSR count). The number of carbonyl (C=O) groups is 1. The number of hydrogen-bond donors (Lipinski definition) is 1. The lowest BCUT2D eigenvalue weighted by Gasteiger charge is -2.30. The summed E-state index contributed by atoms with van der Waals surface area (Å²) in [5.41, 5.74) is 1.12. The highest BCUT2D eigenvalue weighted by Gasteiger charge is 2.34. The number of carboxylic acids is 1. The third-order valence-electron chi connectivity index (χ3n) is 4.76. The van der Waals surface area contributed by atoms with Crippen LogP contribution in [0.1, 0.15) is 43.6 Å². The van der Waals surface area contributed by atoms with Gasteiger partial charge in [0.2, 0.25) is 0 Å². The monoisotopic (exact) mass is 303 g/mol. The maximum Gasteiger partial charge on any atom is 0.303 e. The maximum absolute atomic E-state index is 11.1. The molecule has 1 saturated carbocycles. The van der Waals surface area contributed by atoms with E-state index >= 15 is 0 Å².